The number of pyridine rings is 1. The number of nitrogens with zero attached hydrogens (tertiary/aromatic N) is 1. The second-order valence-electron chi connectivity index (χ2n) is 11.8. The summed E-state index contributed by atoms with van der Waals surface area (Å²) in [7, 11) is 0. The van der Waals surface area contributed by atoms with E-state index in [0.29, 0.717) is 89.3 Å². The Morgan fingerprint density at radius 1 is 0.460 bits per heavy atom. The Morgan fingerprint density at radius 2 is 0.840 bits per heavy atom. The van der Waals surface area contributed by atoms with Crippen molar-refractivity contribution in [2.75, 3.05) is 79.3 Å². The summed E-state index contributed by atoms with van der Waals surface area (Å²) in [6.07, 6.45) is 0.551. The first-order valence-corrected chi connectivity index (χ1v) is 16.9. The summed E-state index contributed by atoms with van der Waals surface area (Å²) in [5, 5.41) is 4.12. The van der Waals surface area contributed by atoms with Crippen molar-refractivity contribution in [2.24, 2.45) is 0 Å². The van der Waals surface area contributed by atoms with E-state index in [1.807, 2.05) is 78.9 Å². The van der Waals surface area contributed by atoms with Gasteiger partial charge in [0.25, 0.3) is 0 Å². The van der Waals surface area contributed by atoms with E-state index in [1.54, 1.807) is 12.1 Å². The molecule has 3 heterocycles. The smallest absolute Gasteiger partial charge is 0.222 e. The van der Waals surface area contributed by atoms with E-state index in [2.05, 4.69) is 4.98 Å². The maximum atomic E-state index is 6.10. The lowest BCUT2D eigenvalue weighted by atomic mass is 10.1. The van der Waals surface area contributed by atoms with E-state index >= 15 is 0 Å². The Hall–Kier alpha value is -4.49. The van der Waals surface area contributed by atoms with E-state index in [4.69, 9.17) is 47.4 Å². The number of ether oxygens (including phenoxy) is 10. The standard InChI is InChI=1S/C39H41NO10/c1-2-38(49-34-10-6-28-20-32(8-4-30(28)22-34)45-18-16-41-12-14-43-24-36-26-47-36)40-39(3-1)50-35-11-7-29-21-33(9-5-31(29)23-35)46-19-17-42-13-15-44-25-37-27-48-37/h1-11,20-23,36-37H,12-19,24-27H2. The molecule has 0 radical (unpaired) electrons. The average molecular weight is 684 g/mol. The normalized spacial score (nSPS) is 16.4. The van der Waals surface area contributed by atoms with Gasteiger partial charge >= 0.3 is 0 Å². The van der Waals surface area contributed by atoms with E-state index in [1.165, 1.54) is 0 Å². The molecule has 0 amide bonds. The van der Waals surface area contributed by atoms with Crippen molar-refractivity contribution in [3.8, 4) is 34.8 Å². The molecule has 2 aliphatic heterocycles. The Bertz CT molecular complexity index is 1700. The molecule has 2 saturated heterocycles. The third kappa shape index (κ3) is 10.8. The van der Waals surface area contributed by atoms with Crippen LogP contribution in [-0.2, 0) is 28.4 Å². The maximum absolute atomic E-state index is 6.10. The molecule has 0 spiro atoms. The van der Waals surface area contributed by atoms with Gasteiger partial charge in [0.05, 0.1) is 66.1 Å². The first-order valence-electron chi connectivity index (χ1n) is 16.9. The quantitative estimate of drug-likeness (QED) is 0.0582. The molecule has 2 atom stereocenters. The van der Waals surface area contributed by atoms with Crippen LogP contribution in [0.4, 0.5) is 0 Å². The van der Waals surface area contributed by atoms with Crippen molar-refractivity contribution in [2.45, 2.75) is 12.2 Å². The number of aromatic nitrogens is 1. The number of hydrogen-bond acceptors (Lipinski definition) is 11. The highest BCUT2D eigenvalue weighted by Crippen LogP contribution is 2.31. The molecular weight excluding hydrogens is 642 g/mol. The molecule has 2 fully saturated rings. The highest BCUT2D eigenvalue weighted by Gasteiger charge is 2.22. The van der Waals surface area contributed by atoms with E-state index in [0.717, 1.165) is 46.3 Å². The van der Waals surface area contributed by atoms with Crippen LogP contribution in [0.3, 0.4) is 0 Å². The summed E-state index contributed by atoms with van der Waals surface area (Å²) >= 11 is 0. The van der Waals surface area contributed by atoms with Crippen molar-refractivity contribution >= 4 is 21.5 Å². The third-order valence-electron chi connectivity index (χ3n) is 7.86. The highest BCUT2D eigenvalue weighted by atomic mass is 16.6. The summed E-state index contributed by atoms with van der Waals surface area (Å²) in [4.78, 5) is 4.57. The molecule has 7 rings (SSSR count). The SMILES string of the molecule is c1cc(Oc2ccc3cc(OCCOCCOCC4CO4)ccc3c2)nc(Oc2ccc3cc(OCCOCCOCC4CO4)ccc3c2)c1. The van der Waals surface area contributed by atoms with E-state index in [9.17, 15) is 0 Å². The van der Waals surface area contributed by atoms with Crippen LogP contribution in [-0.4, -0.2) is 96.5 Å². The first kappa shape index (κ1) is 34.0. The number of fused-ring (bicyclic) bond motifs is 2. The topological polar surface area (TPSA) is 112 Å². The van der Waals surface area contributed by atoms with Crippen molar-refractivity contribution in [1.29, 1.82) is 0 Å². The van der Waals surface area contributed by atoms with Crippen LogP contribution < -0.4 is 18.9 Å². The molecule has 11 nitrogen and oxygen atoms in total. The maximum Gasteiger partial charge on any atom is 0.222 e. The zero-order valence-corrected chi connectivity index (χ0v) is 27.8. The van der Waals surface area contributed by atoms with Gasteiger partial charge < -0.3 is 47.4 Å². The molecule has 0 saturated carbocycles. The van der Waals surface area contributed by atoms with E-state index in [-0.39, 0.29) is 12.2 Å². The monoisotopic (exact) mass is 683 g/mol. The summed E-state index contributed by atoms with van der Waals surface area (Å²) in [6.45, 7) is 6.97. The van der Waals surface area contributed by atoms with Crippen LogP contribution in [0.15, 0.2) is 91.0 Å². The largest absolute Gasteiger partial charge is 0.491 e. The molecule has 2 unspecified atom stereocenters. The van der Waals surface area contributed by atoms with Crippen molar-refractivity contribution in [1.82, 2.24) is 4.98 Å². The molecule has 0 aliphatic carbocycles. The Morgan fingerprint density at radius 3 is 1.28 bits per heavy atom. The minimum absolute atomic E-state index is 0.276. The minimum Gasteiger partial charge on any atom is -0.491 e. The summed E-state index contributed by atoms with van der Waals surface area (Å²) in [5.74, 6) is 3.76. The summed E-state index contributed by atoms with van der Waals surface area (Å²) in [6, 6.07) is 29.1. The van der Waals surface area contributed by atoms with Crippen molar-refractivity contribution < 1.29 is 47.4 Å². The molecule has 2 aliphatic rings. The zero-order chi connectivity index (χ0) is 33.8. The van der Waals surface area contributed by atoms with Gasteiger partial charge in [0.1, 0.15) is 48.4 Å². The Labute approximate surface area is 290 Å². The second-order valence-corrected chi connectivity index (χ2v) is 11.8. The van der Waals surface area contributed by atoms with Gasteiger partial charge in [0.2, 0.25) is 11.8 Å². The molecule has 50 heavy (non-hydrogen) atoms. The molecule has 262 valence electrons. The van der Waals surface area contributed by atoms with Crippen LogP contribution in [0.1, 0.15) is 0 Å². The number of rotatable bonds is 22. The number of hydrogen-bond donors (Lipinski definition) is 0. The molecular formula is C39H41NO10. The van der Waals surface area contributed by atoms with E-state index < -0.39 is 0 Å². The molecule has 0 bridgehead atoms. The molecule has 5 aromatic rings. The number of epoxide rings is 2. The lowest BCUT2D eigenvalue weighted by molar-refractivity contribution is 0.0317. The van der Waals surface area contributed by atoms with Crippen LogP contribution in [0.25, 0.3) is 21.5 Å². The van der Waals surface area contributed by atoms with Crippen molar-refractivity contribution in [3.05, 3.63) is 91.0 Å². The fourth-order valence-electron chi connectivity index (χ4n) is 5.10. The van der Waals surface area contributed by atoms with Gasteiger partial charge in [-0.1, -0.05) is 30.3 Å². The predicted molar refractivity (Wildman–Crippen MR) is 186 cm³/mol. The van der Waals surface area contributed by atoms with Gasteiger partial charge in [-0.25, -0.2) is 0 Å². The first-order chi connectivity index (χ1) is 24.7. The third-order valence-corrected chi connectivity index (χ3v) is 7.86. The van der Waals surface area contributed by atoms with Crippen LogP contribution in [0.5, 0.6) is 34.8 Å². The lowest BCUT2D eigenvalue weighted by Crippen LogP contribution is -2.12. The molecule has 1 aromatic heterocycles. The van der Waals surface area contributed by atoms with Gasteiger partial charge in [-0.15, -0.1) is 0 Å². The highest BCUT2D eigenvalue weighted by molar-refractivity contribution is 5.86. The van der Waals surface area contributed by atoms with Gasteiger partial charge in [0.15, 0.2) is 0 Å². The summed E-state index contributed by atoms with van der Waals surface area (Å²) in [5.41, 5.74) is 0. The molecule has 4 aromatic carbocycles. The van der Waals surface area contributed by atoms with Gasteiger partial charge in [0, 0.05) is 12.1 Å². The van der Waals surface area contributed by atoms with Gasteiger partial charge in [-0.05, 0) is 70.1 Å². The van der Waals surface area contributed by atoms with Crippen LogP contribution >= 0.6 is 0 Å². The predicted octanol–water partition coefficient (Wildman–Crippen LogP) is 6.59. The van der Waals surface area contributed by atoms with Gasteiger partial charge in [-0.2, -0.15) is 4.98 Å². The second kappa shape index (κ2) is 17.4. The minimum atomic E-state index is 0.276. The Kier molecular flexibility index (Phi) is 11.9. The zero-order valence-electron chi connectivity index (χ0n) is 27.8. The molecule has 0 N–H and O–H groups in total. The molecule has 11 heteroatoms. The van der Waals surface area contributed by atoms with Crippen molar-refractivity contribution in [3.63, 3.8) is 0 Å². The van der Waals surface area contributed by atoms with Crippen LogP contribution in [0.2, 0.25) is 0 Å². The Balaban J connectivity index is 0.852. The fourth-order valence-corrected chi connectivity index (χ4v) is 5.10. The fraction of sp³-hybridized carbons (Fsp3) is 0.359. The lowest BCUT2D eigenvalue weighted by Gasteiger charge is -2.11. The van der Waals surface area contributed by atoms with Gasteiger partial charge in [-0.3, -0.25) is 0 Å². The number of benzene rings is 4. The van der Waals surface area contributed by atoms with Crippen LogP contribution in [0, 0.1) is 0 Å². The average Bonchev–Trinajstić information content (AvgIpc) is 4.08. The summed E-state index contributed by atoms with van der Waals surface area (Å²) < 4.78 is 56.2.